The lowest BCUT2D eigenvalue weighted by molar-refractivity contribution is 0.166. The minimum absolute atomic E-state index is 0.571. The predicted octanol–water partition coefficient (Wildman–Crippen LogP) is 0.496. The molecule has 2 heterocycles. The quantitative estimate of drug-likeness (QED) is 0.455. The first-order valence-corrected chi connectivity index (χ1v) is 4.77. The number of piperidine rings is 1. The van der Waals surface area contributed by atoms with Crippen molar-refractivity contribution in [2.24, 2.45) is 0 Å². The average Bonchev–Trinajstić information content (AvgIpc) is 2.83. The number of likely N-dealkylation sites (tertiary alicyclic amines) is 1. The lowest BCUT2D eigenvalue weighted by Gasteiger charge is -2.23. The highest BCUT2D eigenvalue weighted by Crippen LogP contribution is 2.30. The summed E-state index contributed by atoms with van der Waals surface area (Å²) in [5, 5.41) is 0. The van der Waals surface area contributed by atoms with E-state index in [1.807, 2.05) is 0 Å². The molecule has 2 saturated heterocycles. The standard InChI is InChI=1S/C9H17NO2/c1-11-6-2-4-10-5-3-8-9(7-10)12-8/h8-9H,2-7H2,1H3/t8-,9+/m1/s1. The van der Waals surface area contributed by atoms with Crippen LogP contribution in [0.15, 0.2) is 0 Å². The first-order valence-electron chi connectivity index (χ1n) is 4.77. The van der Waals surface area contributed by atoms with Gasteiger partial charge >= 0.3 is 0 Å². The van der Waals surface area contributed by atoms with Crippen molar-refractivity contribution in [2.75, 3.05) is 33.4 Å². The Morgan fingerprint density at radius 1 is 1.50 bits per heavy atom. The van der Waals surface area contributed by atoms with E-state index in [2.05, 4.69) is 4.90 Å². The second-order valence-electron chi connectivity index (χ2n) is 3.65. The molecule has 0 radical (unpaired) electrons. The van der Waals surface area contributed by atoms with Gasteiger partial charge < -0.3 is 14.4 Å². The maximum Gasteiger partial charge on any atom is 0.0968 e. The minimum Gasteiger partial charge on any atom is -0.385 e. The summed E-state index contributed by atoms with van der Waals surface area (Å²) < 4.78 is 10.5. The van der Waals surface area contributed by atoms with Crippen LogP contribution in [0.25, 0.3) is 0 Å². The highest BCUT2D eigenvalue weighted by Gasteiger charge is 2.42. The molecule has 0 N–H and O–H groups in total. The van der Waals surface area contributed by atoms with Crippen LogP contribution in [-0.2, 0) is 9.47 Å². The molecule has 0 aliphatic carbocycles. The molecule has 70 valence electrons. The number of ether oxygens (including phenoxy) is 2. The average molecular weight is 171 g/mol. The highest BCUT2D eigenvalue weighted by atomic mass is 16.6. The number of rotatable bonds is 4. The summed E-state index contributed by atoms with van der Waals surface area (Å²) in [5.41, 5.74) is 0. The molecular formula is C9H17NO2. The van der Waals surface area contributed by atoms with E-state index in [1.54, 1.807) is 7.11 Å². The minimum atomic E-state index is 0.571. The van der Waals surface area contributed by atoms with Gasteiger partial charge in [0, 0.05) is 33.4 Å². The molecule has 3 nitrogen and oxygen atoms in total. The van der Waals surface area contributed by atoms with E-state index in [4.69, 9.17) is 9.47 Å². The van der Waals surface area contributed by atoms with Crippen LogP contribution >= 0.6 is 0 Å². The Morgan fingerprint density at radius 2 is 2.42 bits per heavy atom. The van der Waals surface area contributed by atoms with Gasteiger partial charge in [0.1, 0.15) is 0 Å². The summed E-state index contributed by atoms with van der Waals surface area (Å²) in [5.74, 6) is 0. The van der Waals surface area contributed by atoms with Crippen molar-refractivity contribution in [3.63, 3.8) is 0 Å². The molecule has 0 bridgehead atoms. The molecule has 0 amide bonds. The van der Waals surface area contributed by atoms with E-state index in [0.29, 0.717) is 12.2 Å². The Labute approximate surface area is 73.6 Å². The maximum absolute atomic E-state index is 5.44. The van der Waals surface area contributed by atoms with Crippen molar-refractivity contribution < 1.29 is 9.47 Å². The Balaban J connectivity index is 1.61. The summed E-state index contributed by atoms with van der Waals surface area (Å²) in [7, 11) is 1.76. The molecule has 3 heteroatoms. The summed E-state index contributed by atoms with van der Waals surface area (Å²) in [6.07, 6.45) is 3.57. The lowest BCUT2D eigenvalue weighted by atomic mass is 10.1. The normalized spacial score (nSPS) is 34.8. The molecule has 12 heavy (non-hydrogen) atoms. The Morgan fingerprint density at radius 3 is 3.17 bits per heavy atom. The SMILES string of the molecule is COCCCN1CC[C@H]2O[C@H]2C1. The van der Waals surface area contributed by atoms with Crippen LogP contribution in [0.1, 0.15) is 12.8 Å². The fourth-order valence-electron chi connectivity index (χ4n) is 1.88. The van der Waals surface area contributed by atoms with E-state index in [9.17, 15) is 0 Å². The second-order valence-corrected chi connectivity index (χ2v) is 3.65. The number of fused-ring (bicyclic) bond motifs is 1. The summed E-state index contributed by atoms with van der Waals surface area (Å²) in [6, 6.07) is 0. The van der Waals surface area contributed by atoms with Crippen LogP contribution in [0, 0.1) is 0 Å². The van der Waals surface area contributed by atoms with Crippen LogP contribution in [0.2, 0.25) is 0 Å². The van der Waals surface area contributed by atoms with Gasteiger partial charge in [0.05, 0.1) is 12.2 Å². The maximum atomic E-state index is 5.44. The van der Waals surface area contributed by atoms with Crippen molar-refractivity contribution in [3.05, 3.63) is 0 Å². The Kier molecular flexibility index (Phi) is 2.63. The smallest absolute Gasteiger partial charge is 0.0968 e. The zero-order valence-electron chi connectivity index (χ0n) is 7.66. The van der Waals surface area contributed by atoms with Gasteiger partial charge in [-0.2, -0.15) is 0 Å². The Hall–Kier alpha value is -0.120. The lowest BCUT2D eigenvalue weighted by Crippen LogP contribution is -2.35. The van der Waals surface area contributed by atoms with E-state index in [1.165, 1.54) is 19.5 Å². The molecule has 2 fully saturated rings. The molecule has 0 aromatic rings. The van der Waals surface area contributed by atoms with Gasteiger partial charge in [-0.3, -0.25) is 0 Å². The third kappa shape index (κ3) is 1.97. The molecule has 0 aromatic heterocycles. The van der Waals surface area contributed by atoms with Gasteiger partial charge in [0.2, 0.25) is 0 Å². The third-order valence-electron chi connectivity index (χ3n) is 2.68. The van der Waals surface area contributed by atoms with Crippen molar-refractivity contribution >= 4 is 0 Å². The number of epoxide rings is 1. The van der Waals surface area contributed by atoms with Gasteiger partial charge in [-0.25, -0.2) is 0 Å². The number of hydrogen-bond donors (Lipinski definition) is 0. The van der Waals surface area contributed by atoms with Gasteiger partial charge in [0.25, 0.3) is 0 Å². The van der Waals surface area contributed by atoms with Gasteiger partial charge in [0.15, 0.2) is 0 Å². The summed E-state index contributed by atoms with van der Waals surface area (Å²) in [4.78, 5) is 2.48. The number of nitrogens with zero attached hydrogens (tertiary/aromatic N) is 1. The van der Waals surface area contributed by atoms with Crippen molar-refractivity contribution in [1.82, 2.24) is 4.90 Å². The van der Waals surface area contributed by atoms with E-state index in [-0.39, 0.29) is 0 Å². The number of hydrogen-bond acceptors (Lipinski definition) is 3. The molecule has 2 rings (SSSR count). The monoisotopic (exact) mass is 171 g/mol. The molecule has 0 unspecified atom stereocenters. The van der Waals surface area contributed by atoms with E-state index in [0.717, 1.165) is 19.6 Å². The molecule has 2 aliphatic rings. The molecule has 0 aromatic carbocycles. The molecular weight excluding hydrogens is 154 g/mol. The predicted molar refractivity (Wildman–Crippen MR) is 46.2 cm³/mol. The van der Waals surface area contributed by atoms with Gasteiger partial charge in [-0.15, -0.1) is 0 Å². The third-order valence-corrected chi connectivity index (χ3v) is 2.68. The van der Waals surface area contributed by atoms with Gasteiger partial charge in [-0.1, -0.05) is 0 Å². The molecule has 2 atom stereocenters. The highest BCUT2D eigenvalue weighted by molar-refractivity contribution is 4.92. The first-order chi connectivity index (χ1) is 5.90. The fourth-order valence-corrected chi connectivity index (χ4v) is 1.88. The molecule has 0 saturated carbocycles. The molecule has 2 aliphatic heterocycles. The molecule has 0 spiro atoms. The van der Waals surface area contributed by atoms with E-state index < -0.39 is 0 Å². The summed E-state index contributed by atoms with van der Waals surface area (Å²) in [6.45, 7) is 4.41. The van der Waals surface area contributed by atoms with Crippen LogP contribution in [0.5, 0.6) is 0 Å². The second kappa shape index (κ2) is 3.73. The van der Waals surface area contributed by atoms with Gasteiger partial charge in [-0.05, 0) is 12.8 Å². The van der Waals surface area contributed by atoms with Crippen molar-refractivity contribution in [2.45, 2.75) is 25.0 Å². The fraction of sp³-hybridized carbons (Fsp3) is 1.00. The van der Waals surface area contributed by atoms with Crippen molar-refractivity contribution in [3.8, 4) is 0 Å². The topological polar surface area (TPSA) is 25.0 Å². The van der Waals surface area contributed by atoms with Crippen molar-refractivity contribution in [1.29, 1.82) is 0 Å². The first kappa shape index (κ1) is 8.48. The largest absolute Gasteiger partial charge is 0.385 e. The Bertz CT molecular complexity index is 151. The van der Waals surface area contributed by atoms with Crippen LogP contribution in [0.3, 0.4) is 0 Å². The van der Waals surface area contributed by atoms with E-state index >= 15 is 0 Å². The zero-order chi connectivity index (χ0) is 8.39. The number of methoxy groups -OCH3 is 1. The summed E-state index contributed by atoms with van der Waals surface area (Å²) >= 11 is 0. The zero-order valence-corrected chi connectivity index (χ0v) is 7.66. The van der Waals surface area contributed by atoms with Crippen LogP contribution in [-0.4, -0.2) is 50.5 Å². The van der Waals surface area contributed by atoms with Crippen LogP contribution in [0.4, 0.5) is 0 Å². The van der Waals surface area contributed by atoms with Crippen LogP contribution < -0.4 is 0 Å².